The highest BCUT2D eigenvalue weighted by Crippen LogP contribution is 2.22. The van der Waals surface area contributed by atoms with Crippen LogP contribution in [0.5, 0.6) is 11.5 Å². The number of hydrogen-bond acceptors (Lipinski definition) is 3. The predicted molar refractivity (Wildman–Crippen MR) is 112 cm³/mol. The first-order chi connectivity index (χ1) is 13.4. The van der Waals surface area contributed by atoms with Gasteiger partial charge in [0.15, 0.2) is 0 Å². The summed E-state index contributed by atoms with van der Waals surface area (Å²) in [6.45, 7) is 4.66. The van der Waals surface area contributed by atoms with Crippen molar-refractivity contribution >= 4 is 10.0 Å². The van der Waals surface area contributed by atoms with E-state index >= 15 is 0 Å². The Hall–Kier alpha value is -2.63. The lowest BCUT2D eigenvalue weighted by Crippen LogP contribution is -2.25. The van der Waals surface area contributed by atoms with Gasteiger partial charge in [-0.2, -0.15) is 0 Å². The maximum absolute atomic E-state index is 12.5. The van der Waals surface area contributed by atoms with Gasteiger partial charge in [0, 0.05) is 6.54 Å². The van der Waals surface area contributed by atoms with E-state index < -0.39 is 10.0 Å². The highest BCUT2D eigenvalue weighted by Gasteiger charge is 2.13. The molecule has 28 heavy (non-hydrogen) atoms. The Morgan fingerprint density at radius 3 is 2.04 bits per heavy atom. The second-order valence-electron chi connectivity index (χ2n) is 6.93. The van der Waals surface area contributed by atoms with Crippen molar-refractivity contribution in [3.63, 3.8) is 0 Å². The van der Waals surface area contributed by atoms with Crippen molar-refractivity contribution in [3.05, 3.63) is 90.0 Å². The van der Waals surface area contributed by atoms with E-state index in [0.29, 0.717) is 30.4 Å². The van der Waals surface area contributed by atoms with Gasteiger partial charge in [-0.3, -0.25) is 0 Å². The molecule has 0 spiro atoms. The van der Waals surface area contributed by atoms with Crippen molar-refractivity contribution in [1.82, 2.24) is 4.72 Å². The molecule has 0 aliphatic heterocycles. The molecule has 0 aromatic heterocycles. The minimum absolute atomic E-state index is 0.225. The minimum atomic E-state index is -3.55. The molecule has 4 nitrogen and oxygen atoms in total. The topological polar surface area (TPSA) is 55.4 Å². The fourth-order valence-corrected chi connectivity index (χ4v) is 3.83. The zero-order chi connectivity index (χ0) is 20.0. The third kappa shape index (κ3) is 5.44. The number of sulfonamides is 1. The monoisotopic (exact) mass is 395 g/mol. The van der Waals surface area contributed by atoms with Gasteiger partial charge in [-0.15, -0.1) is 0 Å². The third-order valence-corrected chi connectivity index (χ3v) is 5.94. The van der Waals surface area contributed by atoms with Crippen LogP contribution in [0.15, 0.2) is 83.8 Å². The average molecular weight is 396 g/mol. The smallest absolute Gasteiger partial charge is 0.240 e. The molecule has 0 saturated carbocycles. The van der Waals surface area contributed by atoms with E-state index in [0.717, 1.165) is 5.56 Å². The van der Waals surface area contributed by atoms with Crippen LogP contribution in [0.4, 0.5) is 0 Å². The molecule has 0 saturated heterocycles. The molecule has 0 atom stereocenters. The van der Waals surface area contributed by atoms with Crippen LogP contribution in [-0.2, 0) is 16.4 Å². The summed E-state index contributed by atoms with van der Waals surface area (Å²) in [7, 11) is -3.55. The number of nitrogens with one attached hydrogen (secondary N) is 1. The molecular weight excluding hydrogens is 370 g/mol. The number of para-hydroxylation sites is 1. The van der Waals surface area contributed by atoms with Crippen LogP contribution in [0.3, 0.4) is 0 Å². The van der Waals surface area contributed by atoms with E-state index in [4.69, 9.17) is 4.74 Å². The van der Waals surface area contributed by atoms with E-state index in [1.165, 1.54) is 5.56 Å². The SMILES string of the molecule is CC(C)c1ccc(CCNS(=O)(=O)c2ccc(Oc3ccccc3)cc2)cc1. The van der Waals surface area contributed by atoms with Gasteiger partial charge < -0.3 is 4.74 Å². The first-order valence-electron chi connectivity index (χ1n) is 9.35. The number of ether oxygens (including phenoxy) is 1. The average Bonchev–Trinajstić information content (AvgIpc) is 2.69. The largest absolute Gasteiger partial charge is 0.457 e. The summed E-state index contributed by atoms with van der Waals surface area (Å²) in [5.74, 6) is 1.79. The van der Waals surface area contributed by atoms with Crippen molar-refractivity contribution in [2.75, 3.05) is 6.54 Å². The van der Waals surface area contributed by atoms with Crippen LogP contribution in [0.2, 0.25) is 0 Å². The second kappa shape index (κ2) is 9.04. The van der Waals surface area contributed by atoms with Crippen LogP contribution < -0.4 is 9.46 Å². The predicted octanol–water partition coefficient (Wildman–Crippen LogP) is 5.12. The highest BCUT2D eigenvalue weighted by atomic mass is 32.2. The molecule has 0 unspecified atom stereocenters. The molecule has 0 heterocycles. The Morgan fingerprint density at radius 2 is 1.43 bits per heavy atom. The Labute approximate surface area is 167 Å². The highest BCUT2D eigenvalue weighted by molar-refractivity contribution is 7.89. The van der Waals surface area contributed by atoms with Crippen molar-refractivity contribution in [1.29, 1.82) is 0 Å². The normalized spacial score (nSPS) is 11.5. The van der Waals surface area contributed by atoms with Crippen LogP contribution in [0, 0.1) is 0 Å². The van der Waals surface area contributed by atoms with Gasteiger partial charge >= 0.3 is 0 Å². The van der Waals surface area contributed by atoms with Crippen LogP contribution in [0.25, 0.3) is 0 Å². The summed E-state index contributed by atoms with van der Waals surface area (Å²) in [5.41, 5.74) is 2.39. The van der Waals surface area contributed by atoms with E-state index in [1.54, 1.807) is 24.3 Å². The van der Waals surface area contributed by atoms with E-state index in [2.05, 4.69) is 42.8 Å². The van der Waals surface area contributed by atoms with Gasteiger partial charge in [-0.1, -0.05) is 56.3 Å². The molecule has 146 valence electrons. The van der Waals surface area contributed by atoms with Crippen molar-refractivity contribution < 1.29 is 13.2 Å². The first-order valence-corrected chi connectivity index (χ1v) is 10.8. The molecular formula is C23H25NO3S. The molecule has 0 fully saturated rings. The molecule has 3 aromatic rings. The second-order valence-corrected chi connectivity index (χ2v) is 8.70. The summed E-state index contributed by atoms with van der Waals surface area (Å²) in [6.07, 6.45) is 0.646. The van der Waals surface area contributed by atoms with E-state index in [1.807, 2.05) is 30.3 Å². The van der Waals surface area contributed by atoms with Gasteiger partial charge in [0.1, 0.15) is 11.5 Å². The summed E-state index contributed by atoms with van der Waals surface area (Å²) >= 11 is 0. The van der Waals surface area contributed by atoms with Gasteiger partial charge in [-0.05, 0) is 59.9 Å². The number of benzene rings is 3. The van der Waals surface area contributed by atoms with Crippen LogP contribution in [0.1, 0.15) is 30.9 Å². The Morgan fingerprint density at radius 1 is 0.821 bits per heavy atom. The molecule has 0 bridgehead atoms. The Kier molecular flexibility index (Phi) is 6.49. The van der Waals surface area contributed by atoms with Crippen molar-refractivity contribution in [3.8, 4) is 11.5 Å². The zero-order valence-corrected chi connectivity index (χ0v) is 16.9. The van der Waals surface area contributed by atoms with E-state index in [9.17, 15) is 8.42 Å². The lowest BCUT2D eigenvalue weighted by molar-refractivity contribution is 0.482. The van der Waals surface area contributed by atoms with Crippen molar-refractivity contribution in [2.24, 2.45) is 0 Å². The lowest BCUT2D eigenvalue weighted by atomic mass is 10.0. The maximum Gasteiger partial charge on any atom is 0.240 e. The number of hydrogen-bond donors (Lipinski definition) is 1. The van der Waals surface area contributed by atoms with Crippen LogP contribution >= 0.6 is 0 Å². The van der Waals surface area contributed by atoms with Gasteiger partial charge in [0.05, 0.1) is 4.90 Å². The molecule has 1 N–H and O–H groups in total. The molecule has 0 aliphatic rings. The fraction of sp³-hybridized carbons (Fsp3) is 0.217. The molecule has 3 aromatic carbocycles. The summed E-state index contributed by atoms with van der Waals surface area (Å²) in [6, 6.07) is 24.1. The Bertz CT molecular complexity index is 980. The maximum atomic E-state index is 12.5. The van der Waals surface area contributed by atoms with Gasteiger partial charge in [-0.25, -0.2) is 13.1 Å². The quantitative estimate of drug-likeness (QED) is 0.576. The van der Waals surface area contributed by atoms with Crippen molar-refractivity contribution in [2.45, 2.75) is 31.1 Å². The molecule has 0 radical (unpaired) electrons. The fourth-order valence-electron chi connectivity index (χ4n) is 2.79. The van der Waals surface area contributed by atoms with E-state index in [-0.39, 0.29) is 4.90 Å². The molecule has 3 rings (SSSR count). The Balaban J connectivity index is 1.56. The minimum Gasteiger partial charge on any atom is -0.457 e. The van der Waals surface area contributed by atoms with Crippen LogP contribution in [-0.4, -0.2) is 15.0 Å². The lowest BCUT2D eigenvalue weighted by Gasteiger charge is -2.10. The summed E-state index contributed by atoms with van der Waals surface area (Å²) in [4.78, 5) is 0.225. The standard InChI is InChI=1S/C23H25NO3S/c1-18(2)20-10-8-19(9-11-20)16-17-24-28(25,26)23-14-12-22(13-15-23)27-21-6-4-3-5-7-21/h3-15,18,24H,16-17H2,1-2H3. The first kappa shape index (κ1) is 20.1. The van der Waals surface area contributed by atoms with Gasteiger partial charge in [0.2, 0.25) is 10.0 Å². The zero-order valence-electron chi connectivity index (χ0n) is 16.1. The molecule has 0 amide bonds. The number of rotatable bonds is 8. The van der Waals surface area contributed by atoms with Gasteiger partial charge in [0.25, 0.3) is 0 Å². The summed E-state index contributed by atoms with van der Waals surface area (Å²) in [5, 5.41) is 0. The molecule has 0 aliphatic carbocycles. The third-order valence-electron chi connectivity index (χ3n) is 4.47. The molecule has 5 heteroatoms. The summed E-state index contributed by atoms with van der Waals surface area (Å²) < 4.78 is 33.3.